The van der Waals surface area contributed by atoms with Crippen LogP contribution in [0.4, 0.5) is 5.69 Å². The molecule has 5 nitrogen and oxygen atoms in total. The molecule has 2 N–H and O–H groups in total. The molecule has 0 spiro atoms. The number of nitrogens with two attached hydrogens (primary N) is 1. The van der Waals surface area contributed by atoms with Gasteiger partial charge in [-0.1, -0.05) is 66.7 Å². The van der Waals surface area contributed by atoms with E-state index in [0.29, 0.717) is 5.56 Å². The zero-order valence-corrected chi connectivity index (χ0v) is 15.6. The van der Waals surface area contributed by atoms with Gasteiger partial charge in [-0.15, -0.1) is 0 Å². The average molecular weight is 371 g/mol. The molecule has 1 aliphatic heterocycles. The third-order valence-corrected chi connectivity index (χ3v) is 4.37. The van der Waals surface area contributed by atoms with Crippen molar-refractivity contribution in [2.45, 2.75) is 0 Å². The summed E-state index contributed by atoms with van der Waals surface area (Å²) in [5.41, 5.74) is 9.36. The van der Waals surface area contributed by atoms with Gasteiger partial charge >= 0.3 is 0 Å². The predicted octanol–water partition coefficient (Wildman–Crippen LogP) is 3.29. The molecule has 140 valence electrons. The summed E-state index contributed by atoms with van der Waals surface area (Å²) < 4.78 is 0. The smallest absolute Gasteiger partial charge is 0.248 e. The lowest BCUT2D eigenvalue weighted by atomic mass is 10.0. The summed E-state index contributed by atoms with van der Waals surface area (Å²) >= 11 is 0. The van der Waals surface area contributed by atoms with Gasteiger partial charge in [0.1, 0.15) is 6.54 Å². The number of likely N-dealkylation sites (N-methyl/N-ethyl adjacent to an activating group) is 1. The zero-order valence-electron chi connectivity index (χ0n) is 15.6. The van der Waals surface area contributed by atoms with Gasteiger partial charge in [0.05, 0.1) is 11.4 Å². The fraction of sp³-hybridized carbons (Fsp3) is 0.0870. The Morgan fingerprint density at radius 2 is 1.46 bits per heavy atom. The van der Waals surface area contributed by atoms with Crippen molar-refractivity contribution in [2.24, 2.45) is 10.7 Å². The number of amides is 2. The highest BCUT2D eigenvalue weighted by Gasteiger charge is 2.21. The SMILES string of the molecule is CN1C(=O)CN=C(c2ccccc2)c2ccccc21.NC(=O)c1ccccc1. The van der Waals surface area contributed by atoms with Gasteiger partial charge in [-0.25, -0.2) is 0 Å². The molecule has 0 radical (unpaired) electrons. The van der Waals surface area contributed by atoms with Crippen molar-refractivity contribution in [1.82, 2.24) is 0 Å². The fourth-order valence-corrected chi connectivity index (χ4v) is 2.88. The van der Waals surface area contributed by atoms with Gasteiger partial charge in [0.15, 0.2) is 0 Å². The van der Waals surface area contributed by atoms with E-state index in [1.165, 1.54) is 0 Å². The molecule has 0 aromatic heterocycles. The number of hydrogen-bond acceptors (Lipinski definition) is 3. The Labute approximate surface area is 164 Å². The molecule has 0 aliphatic carbocycles. The second-order valence-electron chi connectivity index (χ2n) is 6.23. The largest absolute Gasteiger partial charge is 0.366 e. The maximum atomic E-state index is 12.0. The molecule has 0 fully saturated rings. The summed E-state index contributed by atoms with van der Waals surface area (Å²) in [6, 6.07) is 26.6. The van der Waals surface area contributed by atoms with Gasteiger partial charge < -0.3 is 10.6 Å². The van der Waals surface area contributed by atoms with E-state index in [1.807, 2.05) is 60.7 Å². The normalized spacial score (nSPS) is 12.8. The van der Waals surface area contributed by atoms with Crippen molar-refractivity contribution in [3.05, 3.63) is 102 Å². The van der Waals surface area contributed by atoms with Crippen LogP contribution in [-0.2, 0) is 4.79 Å². The number of primary amides is 1. The summed E-state index contributed by atoms with van der Waals surface area (Å²) in [4.78, 5) is 28.6. The first-order chi connectivity index (χ1) is 13.6. The number of benzene rings is 3. The Kier molecular flexibility index (Phi) is 5.97. The lowest BCUT2D eigenvalue weighted by Gasteiger charge is -2.17. The highest BCUT2D eigenvalue weighted by atomic mass is 16.2. The molecule has 1 aliphatic rings. The van der Waals surface area contributed by atoms with Crippen molar-refractivity contribution in [3.8, 4) is 0 Å². The molecule has 4 rings (SSSR count). The third-order valence-electron chi connectivity index (χ3n) is 4.37. The summed E-state index contributed by atoms with van der Waals surface area (Å²) in [7, 11) is 1.80. The first-order valence-corrected chi connectivity index (χ1v) is 8.88. The number of para-hydroxylation sites is 1. The molecule has 1 heterocycles. The molecular weight excluding hydrogens is 350 g/mol. The van der Waals surface area contributed by atoms with Crippen LogP contribution in [0.2, 0.25) is 0 Å². The maximum absolute atomic E-state index is 12.0. The van der Waals surface area contributed by atoms with E-state index in [2.05, 4.69) is 4.99 Å². The van der Waals surface area contributed by atoms with E-state index in [4.69, 9.17) is 5.73 Å². The number of rotatable bonds is 2. The predicted molar refractivity (Wildman–Crippen MR) is 112 cm³/mol. The van der Waals surface area contributed by atoms with Gasteiger partial charge in [0.2, 0.25) is 11.8 Å². The van der Waals surface area contributed by atoms with Gasteiger partial charge in [-0.05, 0) is 18.2 Å². The molecular formula is C23H21N3O2. The molecule has 3 aromatic rings. The first-order valence-electron chi connectivity index (χ1n) is 8.88. The van der Waals surface area contributed by atoms with Gasteiger partial charge in [-0.2, -0.15) is 0 Å². The lowest BCUT2D eigenvalue weighted by Crippen LogP contribution is -2.27. The van der Waals surface area contributed by atoms with Gasteiger partial charge in [-0.3, -0.25) is 14.6 Å². The number of benzodiazepines with no additional fused rings is 1. The summed E-state index contributed by atoms with van der Waals surface area (Å²) in [5, 5.41) is 0. The average Bonchev–Trinajstić information content (AvgIpc) is 2.87. The topological polar surface area (TPSA) is 75.8 Å². The van der Waals surface area contributed by atoms with Crippen LogP contribution in [0.1, 0.15) is 21.5 Å². The Morgan fingerprint density at radius 1 is 0.893 bits per heavy atom. The number of carbonyl (C=O) groups is 2. The van der Waals surface area contributed by atoms with Crippen LogP contribution < -0.4 is 10.6 Å². The van der Waals surface area contributed by atoms with Crippen LogP contribution >= 0.6 is 0 Å². The standard InChI is InChI=1S/C16H14N2O.C7H7NO/c1-18-14-10-6-5-9-13(14)16(17-11-15(18)19)12-7-3-2-4-8-12;8-7(9)6-4-2-1-3-5-6/h2-10H,11H2,1H3;1-5H,(H2,8,9). The van der Waals surface area contributed by atoms with Gasteiger partial charge in [0, 0.05) is 23.7 Å². The lowest BCUT2D eigenvalue weighted by molar-refractivity contribution is -0.116. The van der Waals surface area contributed by atoms with E-state index in [-0.39, 0.29) is 18.4 Å². The van der Waals surface area contributed by atoms with Crippen molar-refractivity contribution >= 4 is 23.2 Å². The minimum absolute atomic E-state index is 0.0124. The van der Waals surface area contributed by atoms with Gasteiger partial charge in [0.25, 0.3) is 0 Å². The quantitative estimate of drug-likeness (QED) is 0.750. The molecule has 0 saturated carbocycles. The second-order valence-corrected chi connectivity index (χ2v) is 6.23. The Hall–Kier alpha value is -3.73. The van der Waals surface area contributed by atoms with E-state index in [0.717, 1.165) is 22.5 Å². The summed E-state index contributed by atoms with van der Waals surface area (Å²) in [6.45, 7) is 0.190. The molecule has 0 bridgehead atoms. The number of fused-ring (bicyclic) bond motifs is 1. The van der Waals surface area contributed by atoms with Crippen LogP contribution in [0.5, 0.6) is 0 Å². The molecule has 0 atom stereocenters. The Morgan fingerprint density at radius 3 is 2.07 bits per heavy atom. The van der Waals surface area contributed by atoms with Crippen LogP contribution in [0.3, 0.4) is 0 Å². The number of carbonyl (C=O) groups excluding carboxylic acids is 2. The maximum Gasteiger partial charge on any atom is 0.248 e. The zero-order chi connectivity index (χ0) is 19.9. The number of aliphatic imine (C=N–C) groups is 1. The second kappa shape index (κ2) is 8.77. The highest BCUT2D eigenvalue weighted by Crippen LogP contribution is 2.25. The number of hydrogen-bond donors (Lipinski definition) is 1. The van der Waals surface area contributed by atoms with Crippen LogP contribution in [0, 0.1) is 0 Å². The Bertz CT molecular complexity index is 999. The summed E-state index contributed by atoms with van der Waals surface area (Å²) in [5.74, 6) is -0.367. The molecule has 5 heteroatoms. The van der Waals surface area contributed by atoms with Crippen LogP contribution in [0.25, 0.3) is 0 Å². The molecule has 0 unspecified atom stereocenters. The van der Waals surface area contributed by atoms with E-state index in [1.54, 1.807) is 36.2 Å². The molecule has 2 amide bonds. The number of nitrogens with zero attached hydrogens (tertiary/aromatic N) is 2. The number of anilines is 1. The van der Waals surface area contributed by atoms with Crippen LogP contribution in [-0.4, -0.2) is 31.1 Å². The van der Waals surface area contributed by atoms with E-state index in [9.17, 15) is 9.59 Å². The van der Waals surface area contributed by atoms with E-state index >= 15 is 0 Å². The monoisotopic (exact) mass is 371 g/mol. The van der Waals surface area contributed by atoms with E-state index < -0.39 is 0 Å². The Balaban J connectivity index is 0.000000211. The van der Waals surface area contributed by atoms with Crippen molar-refractivity contribution < 1.29 is 9.59 Å². The third kappa shape index (κ3) is 4.32. The van der Waals surface area contributed by atoms with Crippen molar-refractivity contribution in [1.29, 1.82) is 0 Å². The molecule has 28 heavy (non-hydrogen) atoms. The van der Waals surface area contributed by atoms with Crippen LogP contribution in [0.15, 0.2) is 89.9 Å². The molecule has 3 aromatic carbocycles. The minimum Gasteiger partial charge on any atom is -0.366 e. The summed E-state index contributed by atoms with van der Waals surface area (Å²) in [6.07, 6.45) is 0. The fourth-order valence-electron chi connectivity index (χ4n) is 2.88. The van der Waals surface area contributed by atoms with Crippen molar-refractivity contribution in [3.63, 3.8) is 0 Å². The van der Waals surface area contributed by atoms with Crippen molar-refractivity contribution in [2.75, 3.05) is 18.5 Å². The minimum atomic E-state index is -0.379. The highest BCUT2D eigenvalue weighted by molar-refractivity contribution is 6.19. The first kappa shape index (κ1) is 19.0. The molecule has 0 saturated heterocycles.